The number of hydrogen-bond acceptors (Lipinski definition) is 12. The van der Waals surface area contributed by atoms with E-state index < -0.39 is 64.3 Å². The van der Waals surface area contributed by atoms with Crippen LogP contribution in [0.4, 0.5) is 0 Å². The van der Waals surface area contributed by atoms with Gasteiger partial charge in [0.1, 0.15) is 18.1 Å². The number of para-hydroxylation sites is 1. The molecule has 1 aromatic heterocycles. The molecule has 3 aromatic rings. The number of phenolic OH excluding ortho intramolecular Hbond substituents is 1. The van der Waals surface area contributed by atoms with Gasteiger partial charge in [0.15, 0.2) is 6.04 Å². The number of aromatic hydroxyl groups is 1. The van der Waals surface area contributed by atoms with Gasteiger partial charge < -0.3 is 31.5 Å². The highest BCUT2D eigenvalue weighted by atomic mass is 16.3. The number of benzene rings is 2. The highest BCUT2D eigenvalue weighted by Crippen LogP contribution is 2.52. The van der Waals surface area contributed by atoms with Gasteiger partial charge >= 0.3 is 5.91 Å². The molecule has 4 heterocycles. The average molecular weight is 732 g/mol. The summed E-state index contributed by atoms with van der Waals surface area (Å²) in [5.41, 5.74) is 15.3. The van der Waals surface area contributed by atoms with E-state index in [0.717, 1.165) is 21.4 Å². The lowest BCUT2D eigenvalue weighted by atomic mass is 9.75. The van der Waals surface area contributed by atoms with Gasteiger partial charge in [-0.15, -0.1) is 4.59 Å². The highest BCUT2D eigenvalue weighted by molar-refractivity contribution is 6.05. The summed E-state index contributed by atoms with van der Waals surface area (Å²) < 4.78 is -0.571. The summed E-state index contributed by atoms with van der Waals surface area (Å²) in [6.45, 7) is 3.81. The molecule has 3 aliphatic heterocycles. The van der Waals surface area contributed by atoms with E-state index >= 15 is 4.79 Å². The molecule has 15 nitrogen and oxygen atoms in total. The van der Waals surface area contributed by atoms with Crippen LogP contribution >= 0.6 is 0 Å². The van der Waals surface area contributed by atoms with E-state index in [1.807, 2.05) is 24.3 Å². The van der Waals surface area contributed by atoms with Crippen molar-refractivity contribution in [2.75, 3.05) is 13.1 Å². The third kappa shape index (κ3) is 6.49. The first-order valence-electron chi connectivity index (χ1n) is 18.5. The maximum atomic E-state index is 15.1. The molecule has 3 saturated heterocycles. The molecule has 3 aliphatic rings. The third-order valence-corrected chi connectivity index (χ3v) is 11.2. The van der Waals surface area contributed by atoms with Crippen LogP contribution in [0.15, 0.2) is 54.7 Å². The predicted octanol–water partition coefficient (Wildman–Crippen LogP) is 0.675. The highest BCUT2D eigenvalue weighted by Gasteiger charge is 2.87. The standard InChI is InChI=1S/C38H50N8O7/c1-23(48)33-37(53)46-32(12-6-8-18-40)34(50)38(46,2)42-31(19-24-13-15-27(49)16-14-24)36(52)44(35(51)30(43-45(33)46)11-5-7-17-39)26(22-47)20-25-21-41-29-10-4-3-9-28(25)29/h3-4,9-10,13-16,21-23,26,30-33,41-43,48H,5-8,11-12,17-20,39-40H2,1-2H3/p+1/t23-,26-,30-,31-,32-,33-,38?,46?/m0/s1. The number of hydrogen-bond donors (Lipinski definition) is 7. The molecule has 0 bridgehead atoms. The van der Waals surface area contributed by atoms with Crippen molar-refractivity contribution < 1.29 is 38.8 Å². The number of aromatic nitrogens is 1. The number of nitrogens with one attached hydrogen (secondary N) is 3. The Kier molecular flexibility index (Phi) is 11.3. The van der Waals surface area contributed by atoms with E-state index in [1.165, 1.54) is 24.2 Å². The Morgan fingerprint density at radius 1 is 0.943 bits per heavy atom. The number of carbonyl (C=O) groups is 5. The van der Waals surface area contributed by atoms with Crippen LogP contribution in [0.2, 0.25) is 0 Å². The van der Waals surface area contributed by atoms with Crippen LogP contribution < -0.4 is 22.2 Å². The van der Waals surface area contributed by atoms with Gasteiger partial charge in [-0.2, -0.15) is 5.43 Å². The van der Waals surface area contributed by atoms with Crippen molar-refractivity contribution in [1.29, 1.82) is 0 Å². The number of aliphatic hydroxyl groups excluding tert-OH is 1. The summed E-state index contributed by atoms with van der Waals surface area (Å²) in [5, 5.41) is 26.6. The number of aromatic amines is 1. The number of amides is 3. The normalized spacial score (nSPS) is 28.9. The maximum Gasteiger partial charge on any atom is 0.363 e. The summed E-state index contributed by atoms with van der Waals surface area (Å²) in [4.78, 5) is 76.3. The molecule has 2 aromatic carbocycles. The van der Waals surface area contributed by atoms with Crippen molar-refractivity contribution in [3.05, 3.63) is 65.9 Å². The Labute approximate surface area is 308 Å². The number of ketones is 1. The number of carbonyl (C=O) groups excluding carboxylic acids is 5. The number of nitrogens with zero attached hydrogens (tertiary/aromatic N) is 3. The summed E-state index contributed by atoms with van der Waals surface area (Å²) in [6.07, 6.45) is 3.86. The van der Waals surface area contributed by atoms with Crippen molar-refractivity contribution >= 4 is 40.7 Å². The van der Waals surface area contributed by atoms with Gasteiger partial charge in [-0.1, -0.05) is 41.9 Å². The number of rotatable bonds is 15. The Morgan fingerprint density at radius 3 is 2.26 bits per heavy atom. The molecule has 15 heteroatoms. The fourth-order valence-electron chi connectivity index (χ4n) is 8.55. The van der Waals surface area contributed by atoms with Crippen molar-refractivity contribution in [2.45, 2.75) is 107 Å². The molecule has 1 spiro atoms. The van der Waals surface area contributed by atoms with Crippen LogP contribution in [0.5, 0.6) is 5.75 Å². The lowest BCUT2D eigenvalue weighted by Gasteiger charge is -2.70. The molecular weight excluding hydrogens is 680 g/mol. The zero-order valence-corrected chi connectivity index (χ0v) is 30.2. The predicted molar refractivity (Wildman–Crippen MR) is 195 cm³/mol. The van der Waals surface area contributed by atoms with Gasteiger partial charge in [0, 0.05) is 36.9 Å². The monoisotopic (exact) mass is 731 g/mol. The number of Topliss-reactive ketones (excluding diaryl/α,β-unsaturated/α-hetero) is 1. The maximum absolute atomic E-state index is 15.1. The van der Waals surface area contributed by atoms with Gasteiger partial charge in [-0.25, -0.2) is 10.1 Å². The van der Waals surface area contributed by atoms with Crippen molar-refractivity contribution in [3.63, 3.8) is 0 Å². The van der Waals surface area contributed by atoms with Crippen LogP contribution in [0, 0.1) is 0 Å². The van der Waals surface area contributed by atoms with E-state index in [9.17, 15) is 29.4 Å². The fourth-order valence-corrected chi connectivity index (χ4v) is 8.55. The summed E-state index contributed by atoms with van der Waals surface area (Å²) in [5.74, 6) is -2.13. The molecule has 6 rings (SSSR count). The summed E-state index contributed by atoms with van der Waals surface area (Å²) in [7, 11) is 0. The number of phenols is 1. The number of H-pyrrole nitrogens is 1. The minimum Gasteiger partial charge on any atom is -0.508 e. The summed E-state index contributed by atoms with van der Waals surface area (Å²) in [6, 6.07) is 8.10. The van der Waals surface area contributed by atoms with Crippen LogP contribution in [-0.2, 0) is 36.8 Å². The van der Waals surface area contributed by atoms with Gasteiger partial charge in [0.2, 0.25) is 23.5 Å². The lowest BCUT2D eigenvalue weighted by molar-refractivity contribution is -1.08. The molecule has 8 atom stereocenters. The van der Waals surface area contributed by atoms with Crippen LogP contribution in [0.3, 0.4) is 0 Å². The van der Waals surface area contributed by atoms with Crippen molar-refractivity contribution in [2.24, 2.45) is 11.5 Å². The van der Waals surface area contributed by atoms with E-state index in [-0.39, 0.29) is 30.8 Å². The van der Waals surface area contributed by atoms with Crippen molar-refractivity contribution in [1.82, 2.24) is 25.7 Å². The Balaban J connectivity index is 1.50. The SMILES string of the molecule is C[C@H](O)[C@H]1C(=O)[N+]23[C@@H](CCCCN)C(=O)C2(C)N[C@@H](Cc2ccc(O)cc2)C(=O)N([C@H](C=O)Cc2c[nH]c4ccccc24)C(=O)[C@H](CCCCN)NN13. The Bertz CT molecular complexity index is 1850. The minimum atomic E-state index is -1.69. The molecule has 2 unspecified atom stereocenters. The molecule has 0 saturated carbocycles. The zero-order chi connectivity index (χ0) is 38.1. The largest absolute Gasteiger partial charge is 0.508 e. The molecule has 3 fully saturated rings. The Hall–Kier alpha value is -4.35. The quantitative estimate of drug-likeness (QED) is 0.0496. The van der Waals surface area contributed by atoms with Gasteiger partial charge in [-0.05, 0) is 81.4 Å². The lowest BCUT2D eigenvalue weighted by Crippen LogP contribution is -3.04. The Morgan fingerprint density at radius 2 is 1.60 bits per heavy atom. The van der Waals surface area contributed by atoms with Crippen LogP contribution in [0.25, 0.3) is 10.9 Å². The van der Waals surface area contributed by atoms with E-state index in [4.69, 9.17) is 11.5 Å². The number of fused-ring (bicyclic) bond motifs is 1. The molecule has 284 valence electrons. The number of hydrazine groups is 1. The van der Waals surface area contributed by atoms with E-state index in [1.54, 1.807) is 25.3 Å². The summed E-state index contributed by atoms with van der Waals surface area (Å²) >= 11 is 0. The number of unbranched alkanes of at least 4 members (excludes halogenated alkanes) is 2. The van der Waals surface area contributed by atoms with Crippen LogP contribution in [0.1, 0.15) is 63.5 Å². The second kappa shape index (κ2) is 15.6. The first-order chi connectivity index (χ1) is 25.4. The molecular formula is C38H51N8O7+. The molecule has 53 heavy (non-hydrogen) atoms. The van der Waals surface area contributed by atoms with E-state index in [0.29, 0.717) is 57.0 Å². The number of quaternary nitrogens is 1. The second-order valence-electron chi connectivity index (χ2n) is 14.6. The zero-order valence-electron chi connectivity index (χ0n) is 30.2. The molecule has 9 N–H and O–H groups in total. The topological polar surface area (TPSA) is 224 Å². The van der Waals surface area contributed by atoms with Gasteiger partial charge in [-0.3, -0.25) is 19.3 Å². The molecule has 3 amide bonds. The van der Waals surface area contributed by atoms with Gasteiger partial charge in [0.05, 0.1) is 18.2 Å². The number of aldehydes is 1. The molecule has 0 radical (unpaired) electrons. The van der Waals surface area contributed by atoms with Crippen LogP contribution in [-0.4, -0.2) is 115 Å². The van der Waals surface area contributed by atoms with Gasteiger partial charge in [0.25, 0.3) is 5.78 Å². The first kappa shape index (κ1) is 38.4. The molecule has 0 aliphatic carbocycles. The fraction of sp³-hybridized carbons (Fsp3) is 0.500. The smallest absolute Gasteiger partial charge is 0.363 e. The van der Waals surface area contributed by atoms with Crippen molar-refractivity contribution in [3.8, 4) is 5.75 Å². The third-order valence-electron chi connectivity index (χ3n) is 11.2. The first-order valence-corrected chi connectivity index (χ1v) is 18.5. The second-order valence-corrected chi connectivity index (χ2v) is 14.6. The number of aliphatic hydroxyl groups is 1. The number of nitrogens with two attached hydrogens (primary N) is 2. The minimum absolute atomic E-state index is 0.0129. The van der Waals surface area contributed by atoms with E-state index in [2.05, 4.69) is 15.7 Å². The average Bonchev–Trinajstić information content (AvgIpc) is 3.55. The number of imide groups is 1.